The van der Waals surface area contributed by atoms with E-state index >= 15 is 0 Å². The molecule has 3 rings (SSSR count). The monoisotopic (exact) mass is 354 g/mol. The molecule has 5 nitrogen and oxygen atoms in total. The Kier molecular flexibility index (Phi) is 7.71. The van der Waals surface area contributed by atoms with Gasteiger partial charge in [0.15, 0.2) is 0 Å². The second-order valence-corrected chi connectivity index (χ2v) is 9.61. The highest BCUT2D eigenvalue weighted by molar-refractivity contribution is 4.82. The summed E-state index contributed by atoms with van der Waals surface area (Å²) >= 11 is 0. The molecule has 0 spiro atoms. The lowest BCUT2D eigenvalue weighted by molar-refractivity contribution is 0.0254. The quantitative estimate of drug-likeness (QED) is 0.660. The van der Waals surface area contributed by atoms with Gasteiger partial charge in [0.25, 0.3) is 0 Å². The number of fused-ring (bicyclic) bond motifs is 12. The molecule has 0 saturated carbocycles. The van der Waals surface area contributed by atoms with Gasteiger partial charge in [-0.05, 0) is 41.5 Å². The Hall–Kier alpha value is -0.200. The average molecular weight is 355 g/mol. The summed E-state index contributed by atoms with van der Waals surface area (Å²) in [5, 5.41) is 0. The standard InChI is InChI=1S/C20H42N4O/c1-19(2,3)23-11-7-21-9-13-24(20(4,5)6)14-10-22(8-12-23)16-18-25-17-15-21/h7-18H2,1-6H3. The number of ether oxygens (including phenoxy) is 1. The maximum atomic E-state index is 5.92. The van der Waals surface area contributed by atoms with Crippen molar-refractivity contribution in [2.75, 3.05) is 78.7 Å². The van der Waals surface area contributed by atoms with E-state index in [1.165, 1.54) is 0 Å². The van der Waals surface area contributed by atoms with E-state index in [0.717, 1.165) is 78.7 Å². The molecule has 3 aliphatic heterocycles. The molecule has 3 saturated heterocycles. The van der Waals surface area contributed by atoms with Crippen LogP contribution in [0.15, 0.2) is 0 Å². The molecule has 0 atom stereocenters. The summed E-state index contributed by atoms with van der Waals surface area (Å²) in [5.41, 5.74) is 0.471. The van der Waals surface area contributed by atoms with Gasteiger partial charge in [-0.25, -0.2) is 0 Å². The molecule has 0 unspecified atom stereocenters. The molecule has 5 heteroatoms. The Balaban J connectivity index is 2.16. The molecule has 25 heavy (non-hydrogen) atoms. The highest BCUT2D eigenvalue weighted by Gasteiger charge is 2.26. The van der Waals surface area contributed by atoms with Crippen molar-refractivity contribution in [3.05, 3.63) is 0 Å². The Morgan fingerprint density at radius 1 is 0.480 bits per heavy atom. The molecule has 3 aliphatic rings. The molecule has 0 aromatic rings. The van der Waals surface area contributed by atoms with Crippen molar-refractivity contribution in [3.63, 3.8) is 0 Å². The lowest BCUT2D eigenvalue weighted by Gasteiger charge is -2.42. The van der Waals surface area contributed by atoms with E-state index in [4.69, 9.17) is 4.74 Å². The molecule has 0 amide bonds. The fraction of sp³-hybridized carbons (Fsp3) is 1.00. The van der Waals surface area contributed by atoms with Gasteiger partial charge in [0.05, 0.1) is 13.2 Å². The number of rotatable bonds is 0. The van der Waals surface area contributed by atoms with E-state index in [1.54, 1.807) is 0 Å². The van der Waals surface area contributed by atoms with Crippen LogP contribution in [-0.4, -0.2) is 109 Å². The number of hydrogen-bond acceptors (Lipinski definition) is 5. The van der Waals surface area contributed by atoms with Crippen molar-refractivity contribution in [2.24, 2.45) is 0 Å². The molecule has 0 aromatic heterocycles. The lowest BCUT2D eigenvalue weighted by atomic mass is 10.1. The van der Waals surface area contributed by atoms with Gasteiger partial charge in [0, 0.05) is 76.5 Å². The van der Waals surface area contributed by atoms with Crippen LogP contribution in [-0.2, 0) is 4.74 Å². The van der Waals surface area contributed by atoms with E-state index in [0.29, 0.717) is 0 Å². The minimum absolute atomic E-state index is 0.236. The van der Waals surface area contributed by atoms with E-state index in [1.807, 2.05) is 0 Å². The lowest BCUT2D eigenvalue weighted by Crippen LogP contribution is -2.54. The van der Waals surface area contributed by atoms with Gasteiger partial charge in [-0.3, -0.25) is 19.6 Å². The summed E-state index contributed by atoms with van der Waals surface area (Å²) in [6.45, 7) is 27.1. The van der Waals surface area contributed by atoms with Gasteiger partial charge in [0.1, 0.15) is 0 Å². The second-order valence-electron chi connectivity index (χ2n) is 9.61. The summed E-state index contributed by atoms with van der Waals surface area (Å²) in [6, 6.07) is 0. The Bertz CT molecular complexity index is 336. The van der Waals surface area contributed by atoms with Crippen LogP contribution in [0.25, 0.3) is 0 Å². The van der Waals surface area contributed by atoms with Crippen molar-refractivity contribution < 1.29 is 4.74 Å². The number of hydrogen-bond donors (Lipinski definition) is 0. The maximum Gasteiger partial charge on any atom is 0.0594 e. The smallest absolute Gasteiger partial charge is 0.0594 e. The first kappa shape index (κ1) is 21.1. The van der Waals surface area contributed by atoms with Crippen molar-refractivity contribution in [2.45, 2.75) is 52.6 Å². The molecule has 3 fully saturated rings. The normalized spacial score (nSPS) is 30.0. The van der Waals surface area contributed by atoms with E-state index < -0.39 is 0 Å². The third kappa shape index (κ3) is 7.14. The largest absolute Gasteiger partial charge is 0.379 e. The van der Waals surface area contributed by atoms with E-state index in [-0.39, 0.29) is 11.1 Å². The van der Waals surface area contributed by atoms with Crippen molar-refractivity contribution >= 4 is 0 Å². The second kappa shape index (κ2) is 9.14. The van der Waals surface area contributed by atoms with Crippen molar-refractivity contribution in [3.8, 4) is 0 Å². The Labute approximate surface area is 156 Å². The van der Waals surface area contributed by atoms with Crippen molar-refractivity contribution in [1.29, 1.82) is 0 Å². The first-order valence-corrected chi connectivity index (χ1v) is 10.2. The van der Waals surface area contributed by atoms with E-state index in [9.17, 15) is 0 Å². The maximum absolute atomic E-state index is 5.92. The van der Waals surface area contributed by atoms with Gasteiger partial charge < -0.3 is 4.74 Å². The highest BCUT2D eigenvalue weighted by Crippen LogP contribution is 2.16. The molecular weight excluding hydrogens is 312 g/mol. The fourth-order valence-electron chi connectivity index (χ4n) is 3.77. The molecule has 0 radical (unpaired) electrons. The molecular formula is C20H42N4O. The van der Waals surface area contributed by atoms with Crippen LogP contribution in [0.4, 0.5) is 0 Å². The molecule has 148 valence electrons. The predicted molar refractivity (Wildman–Crippen MR) is 106 cm³/mol. The van der Waals surface area contributed by atoms with Crippen LogP contribution >= 0.6 is 0 Å². The van der Waals surface area contributed by atoms with Crippen LogP contribution in [0.5, 0.6) is 0 Å². The average Bonchev–Trinajstić information content (AvgIpc) is 2.45. The van der Waals surface area contributed by atoms with Gasteiger partial charge in [-0.1, -0.05) is 0 Å². The number of nitrogens with zero attached hydrogens (tertiary/aromatic N) is 4. The van der Waals surface area contributed by atoms with Crippen LogP contribution < -0.4 is 0 Å². The third-order valence-corrected chi connectivity index (χ3v) is 5.75. The zero-order chi connectivity index (χ0) is 18.5. The fourth-order valence-corrected chi connectivity index (χ4v) is 3.77. The molecule has 3 heterocycles. The summed E-state index contributed by atoms with van der Waals surface area (Å²) < 4.78 is 5.92. The zero-order valence-electron chi connectivity index (χ0n) is 17.7. The Morgan fingerprint density at radius 3 is 1.08 bits per heavy atom. The summed E-state index contributed by atoms with van der Waals surface area (Å²) in [4.78, 5) is 10.5. The molecule has 2 bridgehead atoms. The molecule has 0 aromatic carbocycles. The summed E-state index contributed by atoms with van der Waals surface area (Å²) in [7, 11) is 0. The summed E-state index contributed by atoms with van der Waals surface area (Å²) in [5.74, 6) is 0. The van der Waals surface area contributed by atoms with Crippen LogP contribution in [0, 0.1) is 0 Å². The Morgan fingerprint density at radius 2 is 0.800 bits per heavy atom. The first-order chi connectivity index (χ1) is 11.7. The third-order valence-electron chi connectivity index (χ3n) is 5.75. The van der Waals surface area contributed by atoms with Crippen LogP contribution in [0.1, 0.15) is 41.5 Å². The van der Waals surface area contributed by atoms with Crippen molar-refractivity contribution in [1.82, 2.24) is 19.6 Å². The predicted octanol–water partition coefficient (Wildman–Crippen LogP) is 1.84. The molecule has 0 aliphatic carbocycles. The van der Waals surface area contributed by atoms with Gasteiger partial charge in [-0.2, -0.15) is 0 Å². The van der Waals surface area contributed by atoms with Gasteiger partial charge >= 0.3 is 0 Å². The van der Waals surface area contributed by atoms with Crippen LogP contribution in [0.2, 0.25) is 0 Å². The minimum atomic E-state index is 0.236. The zero-order valence-corrected chi connectivity index (χ0v) is 17.7. The van der Waals surface area contributed by atoms with Crippen LogP contribution in [0.3, 0.4) is 0 Å². The topological polar surface area (TPSA) is 22.2 Å². The first-order valence-electron chi connectivity index (χ1n) is 10.2. The summed E-state index contributed by atoms with van der Waals surface area (Å²) in [6.07, 6.45) is 0. The van der Waals surface area contributed by atoms with E-state index in [2.05, 4.69) is 61.1 Å². The minimum Gasteiger partial charge on any atom is -0.379 e. The van der Waals surface area contributed by atoms with Gasteiger partial charge in [-0.15, -0.1) is 0 Å². The van der Waals surface area contributed by atoms with Gasteiger partial charge in [0.2, 0.25) is 0 Å². The molecule has 0 N–H and O–H groups in total. The highest BCUT2D eigenvalue weighted by atomic mass is 16.5. The SMILES string of the molecule is CC(C)(C)N1CCN2CCOCCN(CC1)CCN(C(C)(C)C)CC2.